The molecule has 0 saturated carbocycles. The summed E-state index contributed by atoms with van der Waals surface area (Å²) in [5, 5.41) is 8.27. The van der Waals surface area contributed by atoms with Gasteiger partial charge in [-0.1, -0.05) is 6.07 Å². The third kappa shape index (κ3) is 7.27. The highest BCUT2D eigenvalue weighted by molar-refractivity contribution is 6.12. The largest absolute Gasteiger partial charge is 0.417 e. The first-order chi connectivity index (χ1) is 29.5. The van der Waals surface area contributed by atoms with Crippen LogP contribution < -0.4 is 0 Å². The molecule has 0 bridgehead atoms. The Bertz CT molecular complexity index is 3080. The van der Waals surface area contributed by atoms with Gasteiger partial charge in [-0.25, -0.2) is 0 Å². The summed E-state index contributed by atoms with van der Waals surface area (Å²) in [4.78, 5) is 0. The van der Waals surface area contributed by atoms with Crippen LogP contribution in [-0.4, -0.2) is 9.13 Å². The van der Waals surface area contributed by atoms with Crippen molar-refractivity contribution in [2.24, 2.45) is 0 Å². The number of fused-ring (bicyclic) bond motifs is 6. The van der Waals surface area contributed by atoms with Crippen LogP contribution in [0.1, 0.15) is 38.9 Å². The lowest BCUT2D eigenvalue weighted by Gasteiger charge is -2.24. The van der Waals surface area contributed by atoms with E-state index < -0.39 is 142 Å². The van der Waals surface area contributed by atoms with Crippen LogP contribution in [0.5, 0.6) is 0 Å². The Morgan fingerprint density at radius 3 is 0.953 bits per heavy atom. The van der Waals surface area contributed by atoms with Crippen LogP contribution in [0.15, 0.2) is 103 Å². The van der Waals surface area contributed by atoms with Crippen LogP contribution >= 0.6 is 0 Å². The maximum atomic E-state index is 15.0. The smallest absolute Gasteiger partial charge is 0.309 e. The second-order valence-electron chi connectivity index (χ2n) is 14.3. The summed E-state index contributed by atoms with van der Waals surface area (Å²) in [7, 11) is 0. The molecule has 3 nitrogen and oxygen atoms in total. The Balaban J connectivity index is 1.60. The molecule has 0 atom stereocenters. The highest BCUT2D eigenvalue weighted by Crippen LogP contribution is 2.50. The molecule has 8 aromatic rings. The summed E-state index contributed by atoms with van der Waals surface area (Å²) in [5.41, 5.74) is -16.5. The molecule has 0 amide bonds. The summed E-state index contributed by atoms with van der Waals surface area (Å²) >= 11 is 0. The number of hydrogen-bond donors (Lipinski definition) is 0. The highest BCUT2D eigenvalue weighted by Gasteiger charge is 2.43. The van der Waals surface area contributed by atoms with Crippen LogP contribution in [0, 0.1) is 11.3 Å². The molecule has 330 valence electrons. The Morgan fingerprint density at radius 2 is 0.672 bits per heavy atom. The van der Waals surface area contributed by atoms with Crippen molar-refractivity contribution in [2.45, 2.75) is 37.1 Å². The van der Waals surface area contributed by atoms with Gasteiger partial charge < -0.3 is 9.13 Å². The Morgan fingerprint density at radius 1 is 0.359 bits per heavy atom. The lowest BCUT2D eigenvalue weighted by atomic mass is 9.90. The quantitative estimate of drug-likeness (QED) is 0.163. The molecular weight excluding hydrogens is 900 g/mol. The molecule has 0 N–H and O–H groups in total. The van der Waals surface area contributed by atoms with E-state index in [2.05, 4.69) is 0 Å². The minimum atomic E-state index is -5.64. The van der Waals surface area contributed by atoms with E-state index in [-0.39, 0.29) is 12.1 Å². The molecule has 8 rings (SSSR count). The van der Waals surface area contributed by atoms with Gasteiger partial charge in [0.2, 0.25) is 0 Å². The van der Waals surface area contributed by atoms with Gasteiger partial charge in [-0.05, 0) is 97.1 Å². The summed E-state index contributed by atoms with van der Waals surface area (Å²) in [6.45, 7) is 0. The van der Waals surface area contributed by atoms with Crippen molar-refractivity contribution >= 4 is 43.6 Å². The zero-order chi connectivity index (χ0) is 46.9. The molecule has 0 unspecified atom stereocenters. The number of nitriles is 1. The fraction of sp³-hybridized carbons (Fsp3) is 0.140. The zero-order valence-corrected chi connectivity index (χ0v) is 31.0. The molecule has 2 aromatic heterocycles. The number of nitrogens with zero attached hydrogens (tertiary/aromatic N) is 3. The average Bonchev–Trinajstić information content (AvgIpc) is 3.69. The standard InChI is InChI=1S/C43H17F18N3/c44-38(45,46)20-4-8-31-24(13-20)25-14-21(39(47,48)49)5-9-32(25)63(31)35-17-28(37-29(42(56,57)58)2-1-3-30(37)43(59,60)61)36(12-19(35)18-62)64-33-10-6-22(40(50,51)52)15-26(33)27-16-23(41(53,54)55)7-11-34(27)64/h1-17H. The number of aromatic nitrogens is 2. The van der Waals surface area contributed by atoms with E-state index in [1.54, 1.807) is 6.07 Å². The van der Waals surface area contributed by atoms with E-state index in [1.165, 1.54) is 0 Å². The molecule has 0 spiro atoms. The van der Waals surface area contributed by atoms with Crippen molar-refractivity contribution in [3.05, 3.63) is 142 Å². The molecule has 2 heterocycles. The molecule has 64 heavy (non-hydrogen) atoms. The zero-order valence-electron chi connectivity index (χ0n) is 31.0. The number of hydrogen-bond acceptors (Lipinski definition) is 1. The van der Waals surface area contributed by atoms with Crippen LogP contribution in [-0.2, 0) is 37.1 Å². The second kappa shape index (κ2) is 14.1. The predicted molar refractivity (Wildman–Crippen MR) is 195 cm³/mol. The minimum Gasteiger partial charge on any atom is -0.309 e. The van der Waals surface area contributed by atoms with E-state index in [4.69, 9.17) is 0 Å². The van der Waals surface area contributed by atoms with Gasteiger partial charge in [0.1, 0.15) is 6.07 Å². The molecule has 6 aromatic carbocycles. The number of halogens is 18. The van der Waals surface area contributed by atoms with Gasteiger partial charge in [0.25, 0.3) is 0 Å². The number of rotatable bonds is 3. The van der Waals surface area contributed by atoms with Gasteiger partial charge in [-0.15, -0.1) is 0 Å². The van der Waals surface area contributed by atoms with Crippen molar-refractivity contribution in [3.63, 3.8) is 0 Å². The van der Waals surface area contributed by atoms with Gasteiger partial charge in [-0.3, -0.25) is 0 Å². The Kier molecular flexibility index (Phi) is 9.63. The average molecular weight is 918 g/mol. The van der Waals surface area contributed by atoms with E-state index in [0.717, 1.165) is 21.3 Å². The monoisotopic (exact) mass is 917 g/mol. The third-order valence-corrected chi connectivity index (χ3v) is 10.5. The minimum absolute atomic E-state index is 0.237. The van der Waals surface area contributed by atoms with Crippen molar-refractivity contribution in [1.82, 2.24) is 9.13 Å². The Labute approximate surface area is 344 Å². The van der Waals surface area contributed by atoms with Crippen LogP contribution in [0.2, 0.25) is 0 Å². The molecule has 0 aliphatic carbocycles. The molecule has 0 radical (unpaired) electrons. The predicted octanol–water partition coefficient (Wildman–Crippen LogP) is 15.5. The van der Waals surface area contributed by atoms with Crippen molar-refractivity contribution < 1.29 is 79.0 Å². The SMILES string of the molecule is N#Cc1cc(-n2c3ccc(C(F)(F)F)cc3c3cc(C(F)(F)F)ccc32)c(-c2c(C(F)(F)F)cccc2C(F)(F)F)cc1-n1c2ccc(C(F)(F)F)cc2c2cc(C(F)(F)F)ccc21. The fourth-order valence-corrected chi connectivity index (χ4v) is 7.82. The lowest BCUT2D eigenvalue weighted by molar-refractivity contribution is -0.142. The van der Waals surface area contributed by atoms with Gasteiger partial charge in [0.05, 0.1) is 72.4 Å². The molecule has 0 saturated heterocycles. The summed E-state index contributed by atoms with van der Waals surface area (Å²) in [5.74, 6) is 0. The number of alkyl halides is 18. The van der Waals surface area contributed by atoms with E-state index in [0.29, 0.717) is 78.9 Å². The second-order valence-corrected chi connectivity index (χ2v) is 14.3. The first-order valence-electron chi connectivity index (χ1n) is 17.8. The van der Waals surface area contributed by atoms with Crippen molar-refractivity contribution in [1.29, 1.82) is 5.26 Å². The first-order valence-corrected chi connectivity index (χ1v) is 17.8. The number of benzene rings is 6. The maximum absolute atomic E-state index is 15.0. The topological polar surface area (TPSA) is 33.6 Å². The van der Waals surface area contributed by atoms with Crippen molar-refractivity contribution in [3.8, 4) is 28.6 Å². The first kappa shape index (κ1) is 43.8. The molecule has 0 fully saturated rings. The van der Waals surface area contributed by atoms with E-state index >= 15 is 0 Å². The maximum Gasteiger partial charge on any atom is 0.417 e. The highest BCUT2D eigenvalue weighted by atomic mass is 19.4. The third-order valence-electron chi connectivity index (χ3n) is 10.5. The Hall–Kier alpha value is -6.85. The van der Waals surface area contributed by atoms with Gasteiger partial charge in [-0.2, -0.15) is 84.3 Å². The van der Waals surface area contributed by atoms with E-state index in [1.807, 2.05) is 0 Å². The van der Waals surface area contributed by atoms with Crippen LogP contribution in [0.4, 0.5) is 79.0 Å². The normalized spacial score (nSPS) is 13.5. The van der Waals surface area contributed by atoms with Crippen LogP contribution in [0.25, 0.3) is 66.1 Å². The molecule has 0 aliphatic rings. The van der Waals surface area contributed by atoms with Gasteiger partial charge in [0, 0.05) is 32.7 Å². The summed E-state index contributed by atoms with van der Waals surface area (Å²) < 4.78 is 259. The van der Waals surface area contributed by atoms with Crippen molar-refractivity contribution in [2.75, 3.05) is 0 Å². The summed E-state index contributed by atoms with van der Waals surface area (Å²) in [6.07, 6.45) is -31.7. The molecular formula is C43H17F18N3. The lowest BCUT2D eigenvalue weighted by Crippen LogP contribution is -2.15. The molecule has 21 heteroatoms. The van der Waals surface area contributed by atoms with Gasteiger partial charge in [0.15, 0.2) is 0 Å². The van der Waals surface area contributed by atoms with E-state index in [9.17, 15) is 84.3 Å². The van der Waals surface area contributed by atoms with Gasteiger partial charge >= 0.3 is 37.1 Å². The van der Waals surface area contributed by atoms with Crippen LogP contribution in [0.3, 0.4) is 0 Å². The molecule has 0 aliphatic heterocycles. The summed E-state index contributed by atoms with van der Waals surface area (Å²) in [6, 6.07) is 10.2. The fourth-order valence-electron chi connectivity index (χ4n) is 7.82.